The lowest BCUT2D eigenvalue weighted by Crippen LogP contribution is -2.16. The topological polar surface area (TPSA) is 46.2 Å². The number of nitrogens with one attached hydrogen (secondary N) is 1. The van der Waals surface area contributed by atoms with Crippen LogP contribution in [0.5, 0.6) is 0 Å². The van der Waals surface area contributed by atoms with E-state index in [4.69, 9.17) is 11.6 Å². The van der Waals surface area contributed by atoms with Gasteiger partial charge in [-0.1, -0.05) is 42.8 Å². The van der Waals surface area contributed by atoms with Gasteiger partial charge in [-0.25, -0.2) is 12.8 Å². The van der Waals surface area contributed by atoms with Crippen LogP contribution in [0, 0.1) is 12.7 Å². The zero-order valence-corrected chi connectivity index (χ0v) is 13.2. The fourth-order valence-electron chi connectivity index (χ4n) is 2.05. The zero-order chi connectivity index (χ0) is 15.6. The normalized spacial score (nSPS) is 11.4. The Morgan fingerprint density at radius 3 is 2.52 bits per heavy atom. The lowest BCUT2D eigenvalue weighted by Gasteiger charge is -2.15. The summed E-state index contributed by atoms with van der Waals surface area (Å²) in [5.41, 5.74) is 2.11. The van der Waals surface area contributed by atoms with Gasteiger partial charge in [-0.05, 0) is 36.6 Å². The molecule has 0 radical (unpaired) electrons. The summed E-state index contributed by atoms with van der Waals surface area (Å²) in [4.78, 5) is -0.458. The van der Waals surface area contributed by atoms with E-state index in [0.717, 1.165) is 11.1 Å². The molecular weight excluding hydrogens is 313 g/mol. The Hall–Kier alpha value is -1.59. The highest BCUT2D eigenvalue weighted by Gasteiger charge is 2.22. The fourth-order valence-corrected chi connectivity index (χ4v) is 3.56. The van der Waals surface area contributed by atoms with Crippen LogP contribution in [0.25, 0.3) is 0 Å². The van der Waals surface area contributed by atoms with Gasteiger partial charge in [-0.2, -0.15) is 0 Å². The summed E-state index contributed by atoms with van der Waals surface area (Å²) in [6.45, 7) is 3.72. The Labute approximate surface area is 128 Å². The number of hydrogen-bond acceptors (Lipinski definition) is 2. The molecule has 21 heavy (non-hydrogen) atoms. The number of anilines is 1. The van der Waals surface area contributed by atoms with Crippen molar-refractivity contribution in [1.82, 2.24) is 0 Å². The molecule has 0 spiro atoms. The summed E-state index contributed by atoms with van der Waals surface area (Å²) in [7, 11) is -4.03. The molecule has 2 aromatic rings. The highest BCUT2D eigenvalue weighted by Crippen LogP contribution is 2.27. The summed E-state index contributed by atoms with van der Waals surface area (Å²) in [5.74, 6) is -0.946. The minimum absolute atomic E-state index is 0.224. The van der Waals surface area contributed by atoms with Crippen molar-refractivity contribution in [3.63, 3.8) is 0 Å². The predicted octanol–water partition coefficient (Wildman–Crippen LogP) is 4.15. The summed E-state index contributed by atoms with van der Waals surface area (Å²) < 4.78 is 41.2. The third-order valence-corrected chi connectivity index (χ3v) is 4.84. The van der Waals surface area contributed by atoms with Crippen molar-refractivity contribution in [2.45, 2.75) is 25.2 Å². The highest BCUT2D eigenvalue weighted by molar-refractivity contribution is 7.92. The number of para-hydroxylation sites is 1. The first kappa shape index (κ1) is 15.8. The molecule has 0 saturated carbocycles. The number of sulfonamides is 1. The standard InChI is InChI=1S/C15H15ClFNO2S/c1-3-11-7-4-6-10(2)15(11)18-21(19,20)13-9-5-8-12(16)14(13)17/h4-9,18H,3H2,1-2H3. The Bertz CT molecular complexity index is 775. The molecule has 0 aliphatic carbocycles. The average molecular weight is 328 g/mol. The molecule has 0 amide bonds. The second-order valence-electron chi connectivity index (χ2n) is 4.62. The quantitative estimate of drug-likeness (QED) is 0.917. The molecule has 0 heterocycles. The molecule has 2 rings (SSSR count). The first-order valence-corrected chi connectivity index (χ1v) is 8.28. The van der Waals surface area contributed by atoms with Crippen LogP contribution in [0.15, 0.2) is 41.3 Å². The summed E-state index contributed by atoms with van der Waals surface area (Å²) in [5, 5.41) is -0.224. The summed E-state index contributed by atoms with van der Waals surface area (Å²) in [6.07, 6.45) is 0.664. The number of rotatable bonds is 4. The van der Waals surface area contributed by atoms with Crippen molar-refractivity contribution in [2.24, 2.45) is 0 Å². The van der Waals surface area contributed by atoms with E-state index in [2.05, 4.69) is 4.72 Å². The molecule has 0 bridgehead atoms. The largest absolute Gasteiger partial charge is 0.279 e. The van der Waals surface area contributed by atoms with Crippen molar-refractivity contribution in [3.05, 3.63) is 58.4 Å². The van der Waals surface area contributed by atoms with Crippen molar-refractivity contribution < 1.29 is 12.8 Å². The lowest BCUT2D eigenvalue weighted by molar-refractivity contribution is 0.570. The molecule has 3 nitrogen and oxygen atoms in total. The fraction of sp³-hybridized carbons (Fsp3) is 0.200. The Balaban J connectivity index is 2.50. The van der Waals surface area contributed by atoms with E-state index in [1.54, 1.807) is 13.0 Å². The van der Waals surface area contributed by atoms with Gasteiger partial charge in [-0.3, -0.25) is 4.72 Å². The first-order chi connectivity index (χ1) is 9.86. The van der Waals surface area contributed by atoms with E-state index in [9.17, 15) is 12.8 Å². The maximum Gasteiger partial charge on any atom is 0.264 e. The molecule has 6 heteroatoms. The van der Waals surface area contributed by atoms with Crippen LogP contribution in [0.3, 0.4) is 0 Å². The van der Waals surface area contributed by atoms with Crippen LogP contribution in [-0.4, -0.2) is 8.42 Å². The molecule has 2 aromatic carbocycles. The summed E-state index contributed by atoms with van der Waals surface area (Å²) in [6, 6.07) is 9.38. The number of benzene rings is 2. The maximum absolute atomic E-state index is 13.9. The van der Waals surface area contributed by atoms with Gasteiger partial charge in [0.25, 0.3) is 10.0 Å². The minimum atomic E-state index is -4.03. The third kappa shape index (κ3) is 3.19. The van der Waals surface area contributed by atoms with E-state index in [0.29, 0.717) is 12.1 Å². The molecule has 0 saturated heterocycles. The van der Waals surface area contributed by atoms with E-state index in [1.165, 1.54) is 18.2 Å². The van der Waals surface area contributed by atoms with Gasteiger partial charge in [0.05, 0.1) is 10.7 Å². The van der Waals surface area contributed by atoms with E-state index in [-0.39, 0.29) is 5.02 Å². The number of hydrogen-bond donors (Lipinski definition) is 1. The van der Waals surface area contributed by atoms with Gasteiger partial charge in [0.2, 0.25) is 0 Å². The SMILES string of the molecule is CCc1cccc(C)c1NS(=O)(=O)c1cccc(Cl)c1F. The monoisotopic (exact) mass is 327 g/mol. The van der Waals surface area contributed by atoms with Gasteiger partial charge in [0.1, 0.15) is 4.90 Å². The predicted molar refractivity (Wildman–Crippen MR) is 82.8 cm³/mol. The molecule has 0 aromatic heterocycles. The van der Waals surface area contributed by atoms with Crippen LogP contribution in [0.2, 0.25) is 5.02 Å². The molecule has 0 fully saturated rings. The van der Waals surface area contributed by atoms with Crippen LogP contribution in [0.1, 0.15) is 18.1 Å². The molecule has 112 valence electrons. The second kappa shape index (κ2) is 6.03. The van der Waals surface area contributed by atoms with Crippen LogP contribution in [0.4, 0.5) is 10.1 Å². The van der Waals surface area contributed by atoms with Crippen LogP contribution in [-0.2, 0) is 16.4 Å². The smallest absolute Gasteiger partial charge is 0.264 e. The van der Waals surface area contributed by atoms with Gasteiger partial charge < -0.3 is 0 Å². The van der Waals surface area contributed by atoms with E-state index >= 15 is 0 Å². The van der Waals surface area contributed by atoms with Gasteiger partial charge >= 0.3 is 0 Å². The molecular formula is C15H15ClFNO2S. The number of aryl methyl sites for hydroxylation is 2. The third-order valence-electron chi connectivity index (χ3n) is 3.18. The average Bonchev–Trinajstić information content (AvgIpc) is 2.43. The second-order valence-corrected chi connectivity index (χ2v) is 6.68. The van der Waals surface area contributed by atoms with Crippen molar-refractivity contribution in [3.8, 4) is 0 Å². The summed E-state index contributed by atoms with van der Waals surface area (Å²) >= 11 is 5.65. The van der Waals surface area contributed by atoms with Gasteiger partial charge in [0.15, 0.2) is 5.82 Å². The maximum atomic E-state index is 13.9. The van der Waals surface area contributed by atoms with Crippen LogP contribution < -0.4 is 4.72 Å². The van der Waals surface area contributed by atoms with Gasteiger partial charge in [0, 0.05) is 0 Å². The highest BCUT2D eigenvalue weighted by atomic mass is 35.5. The molecule has 1 N–H and O–H groups in total. The zero-order valence-electron chi connectivity index (χ0n) is 11.7. The number of halogens is 2. The first-order valence-electron chi connectivity index (χ1n) is 6.42. The Kier molecular flexibility index (Phi) is 4.54. The molecule has 0 unspecified atom stereocenters. The minimum Gasteiger partial charge on any atom is -0.279 e. The molecule has 0 atom stereocenters. The molecule has 0 aliphatic rings. The van der Waals surface area contributed by atoms with Crippen LogP contribution >= 0.6 is 11.6 Å². The van der Waals surface area contributed by atoms with Crippen molar-refractivity contribution in [2.75, 3.05) is 4.72 Å². The van der Waals surface area contributed by atoms with E-state index < -0.39 is 20.7 Å². The Morgan fingerprint density at radius 2 is 1.86 bits per heavy atom. The molecule has 0 aliphatic heterocycles. The Morgan fingerprint density at radius 1 is 1.19 bits per heavy atom. The van der Waals surface area contributed by atoms with Gasteiger partial charge in [-0.15, -0.1) is 0 Å². The van der Waals surface area contributed by atoms with E-state index in [1.807, 2.05) is 19.1 Å². The lowest BCUT2D eigenvalue weighted by atomic mass is 10.1. The van der Waals surface area contributed by atoms with Crippen molar-refractivity contribution >= 4 is 27.3 Å². The van der Waals surface area contributed by atoms with Crippen molar-refractivity contribution in [1.29, 1.82) is 0 Å².